The van der Waals surface area contributed by atoms with Crippen LogP contribution in [-0.4, -0.2) is 76.0 Å². The third kappa shape index (κ3) is 7.69. The minimum Gasteiger partial charge on any atom is -0.467 e. The van der Waals surface area contributed by atoms with E-state index in [-0.39, 0.29) is 18.0 Å². The van der Waals surface area contributed by atoms with Crippen molar-refractivity contribution in [3.8, 4) is 0 Å². The molecule has 1 fully saturated rings. The fourth-order valence-electron chi connectivity index (χ4n) is 3.53. The van der Waals surface area contributed by atoms with Gasteiger partial charge in [-0.05, 0) is 44.4 Å². The highest BCUT2D eigenvalue weighted by atomic mass is 32.2. The van der Waals surface area contributed by atoms with Crippen molar-refractivity contribution in [1.29, 1.82) is 0 Å². The van der Waals surface area contributed by atoms with Gasteiger partial charge in [0.2, 0.25) is 15.9 Å². The van der Waals surface area contributed by atoms with Crippen LogP contribution in [0.3, 0.4) is 0 Å². The molecule has 0 aliphatic carbocycles. The second-order valence-electron chi connectivity index (χ2n) is 7.66. The second kappa shape index (κ2) is 13.1. The van der Waals surface area contributed by atoms with E-state index in [4.69, 9.17) is 10.5 Å². The summed E-state index contributed by atoms with van der Waals surface area (Å²) in [6, 6.07) is 5.26. The van der Waals surface area contributed by atoms with Gasteiger partial charge in [0.25, 0.3) is 0 Å². The lowest BCUT2D eigenvalue weighted by atomic mass is 10.2. The predicted molar refractivity (Wildman–Crippen MR) is 122 cm³/mol. The first kappa shape index (κ1) is 26.6. The fourth-order valence-corrected chi connectivity index (χ4v) is 5.20. The number of urea groups is 1. The van der Waals surface area contributed by atoms with Crippen LogP contribution in [-0.2, 0) is 24.3 Å². The Morgan fingerprint density at radius 1 is 1.15 bits per heavy atom. The standard InChI is InChI=1S/C21H33N5O6S/c1-32-20(28)17(15-24-21(29)23-13-7-3-6-12-22)25-19(27)18-11-8-14-26(18)33(30,31)16-9-4-2-5-10-16/h2,4-5,9-10,17-18H,3,6-8,11-15,22H2,1H3,(H,25,27)(H2,23,24,29)/t17-,18-/m0/s1. The number of hydrogen-bond donors (Lipinski definition) is 4. The van der Waals surface area contributed by atoms with Crippen LogP contribution in [0, 0.1) is 0 Å². The monoisotopic (exact) mass is 483 g/mol. The van der Waals surface area contributed by atoms with Gasteiger partial charge in [0.15, 0.2) is 0 Å². The molecule has 3 amide bonds. The van der Waals surface area contributed by atoms with Gasteiger partial charge in [0.05, 0.1) is 18.6 Å². The van der Waals surface area contributed by atoms with E-state index < -0.39 is 40.0 Å². The zero-order chi connectivity index (χ0) is 24.3. The number of carbonyl (C=O) groups is 3. The number of esters is 1. The van der Waals surface area contributed by atoms with Gasteiger partial charge in [0, 0.05) is 13.1 Å². The third-order valence-electron chi connectivity index (χ3n) is 5.29. The van der Waals surface area contributed by atoms with Gasteiger partial charge in [0.1, 0.15) is 12.1 Å². The van der Waals surface area contributed by atoms with Crippen LogP contribution in [0.1, 0.15) is 32.1 Å². The summed E-state index contributed by atoms with van der Waals surface area (Å²) in [6.45, 7) is 1.04. The van der Waals surface area contributed by atoms with Crippen molar-refractivity contribution in [3.05, 3.63) is 30.3 Å². The average molecular weight is 484 g/mol. The lowest BCUT2D eigenvalue weighted by Crippen LogP contribution is -2.55. The fraction of sp³-hybridized carbons (Fsp3) is 0.571. The zero-order valence-corrected chi connectivity index (χ0v) is 19.6. The summed E-state index contributed by atoms with van der Waals surface area (Å²) in [5.74, 6) is -1.37. The molecule has 11 nitrogen and oxygen atoms in total. The van der Waals surface area contributed by atoms with E-state index in [1.165, 1.54) is 19.2 Å². The molecule has 1 aromatic carbocycles. The van der Waals surface area contributed by atoms with Crippen molar-refractivity contribution in [1.82, 2.24) is 20.3 Å². The molecule has 0 aromatic heterocycles. The Labute approximate surface area is 194 Å². The Morgan fingerprint density at radius 2 is 1.88 bits per heavy atom. The summed E-state index contributed by atoms with van der Waals surface area (Å²) in [4.78, 5) is 37.1. The normalized spacial score (nSPS) is 17.2. The SMILES string of the molecule is COC(=O)[C@H](CNC(=O)NCCCCCN)NC(=O)[C@@H]1CCCN1S(=O)(=O)c1ccccc1. The molecule has 2 atom stereocenters. The molecule has 2 rings (SSSR count). The topological polar surface area (TPSA) is 160 Å². The summed E-state index contributed by atoms with van der Waals surface area (Å²) in [7, 11) is -2.70. The Hall–Kier alpha value is -2.70. The first-order valence-corrected chi connectivity index (χ1v) is 12.4. The van der Waals surface area contributed by atoms with Gasteiger partial charge in [-0.15, -0.1) is 0 Å². The van der Waals surface area contributed by atoms with Gasteiger partial charge in [-0.1, -0.05) is 24.6 Å². The number of nitrogens with one attached hydrogen (secondary N) is 3. The van der Waals surface area contributed by atoms with Crippen molar-refractivity contribution >= 4 is 27.9 Å². The molecule has 0 unspecified atom stereocenters. The van der Waals surface area contributed by atoms with Crippen molar-refractivity contribution in [2.75, 3.05) is 33.3 Å². The van der Waals surface area contributed by atoms with E-state index in [0.717, 1.165) is 23.6 Å². The van der Waals surface area contributed by atoms with E-state index in [9.17, 15) is 22.8 Å². The third-order valence-corrected chi connectivity index (χ3v) is 7.21. The number of unbranched alkanes of at least 4 members (excludes halogenated alkanes) is 2. The van der Waals surface area contributed by atoms with Crippen molar-refractivity contribution in [2.24, 2.45) is 5.73 Å². The molecule has 0 bridgehead atoms. The lowest BCUT2D eigenvalue weighted by Gasteiger charge is -2.25. The highest BCUT2D eigenvalue weighted by Crippen LogP contribution is 2.26. The quantitative estimate of drug-likeness (QED) is 0.239. The number of ether oxygens (including phenoxy) is 1. The minimum atomic E-state index is -3.87. The smallest absolute Gasteiger partial charge is 0.330 e. The van der Waals surface area contributed by atoms with Crippen molar-refractivity contribution in [2.45, 2.75) is 49.1 Å². The van der Waals surface area contributed by atoms with Crippen LogP contribution >= 0.6 is 0 Å². The summed E-state index contributed by atoms with van der Waals surface area (Å²) < 4.78 is 31.9. The molecule has 184 valence electrons. The number of amides is 3. The highest BCUT2D eigenvalue weighted by molar-refractivity contribution is 7.89. The van der Waals surface area contributed by atoms with Crippen molar-refractivity contribution in [3.63, 3.8) is 0 Å². The average Bonchev–Trinajstić information content (AvgIpc) is 3.32. The van der Waals surface area contributed by atoms with Crippen LogP contribution in [0.5, 0.6) is 0 Å². The van der Waals surface area contributed by atoms with Gasteiger partial charge in [-0.25, -0.2) is 18.0 Å². The Bertz CT molecular complexity index is 896. The maximum Gasteiger partial charge on any atom is 0.330 e. The number of benzene rings is 1. The first-order chi connectivity index (χ1) is 15.8. The van der Waals surface area contributed by atoms with Crippen LogP contribution in [0.15, 0.2) is 35.2 Å². The van der Waals surface area contributed by atoms with Crippen LogP contribution in [0.4, 0.5) is 4.79 Å². The summed E-state index contributed by atoms with van der Waals surface area (Å²) in [5, 5.41) is 7.72. The highest BCUT2D eigenvalue weighted by Gasteiger charge is 2.40. The Morgan fingerprint density at radius 3 is 2.55 bits per heavy atom. The molecular weight excluding hydrogens is 450 g/mol. The molecule has 1 aliphatic heterocycles. The number of nitrogens with two attached hydrogens (primary N) is 1. The molecule has 0 saturated carbocycles. The van der Waals surface area contributed by atoms with E-state index in [1.54, 1.807) is 18.2 Å². The summed E-state index contributed by atoms with van der Waals surface area (Å²) in [6.07, 6.45) is 3.37. The van der Waals surface area contributed by atoms with E-state index in [0.29, 0.717) is 25.9 Å². The number of rotatable bonds is 12. The number of methoxy groups -OCH3 is 1. The molecule has 1 aliphatic rings. The summed E-state index contributed by atoms with van der Waals surface area (Å²) >= 11 is 0. The maximum atomic E-state index is 13.0. The van der Waals surface area contributed by atoms with Gasteiger partial charge in [-0.3, -0.25) is 4.79 Å². The van der Waals surface area contributed by atoms with E-state index >= 15 is 0 Å². The molecule has 12 heteroatoms. The number of sulfonamides is 1. The van der Waals surface area contributed by atoms with Gasteiger partial charge >= 0.3 is 12.0 Å². The lowest BCUT2D eigenvalue weighted by molar-refractivity contribution is -0.145. The molecule has 1 aromatic rings. The van der Waals surface area contributed by atoms with Gasteiger partial charge < -0.3 is 26.4 Å². The van der Waals surface area contributed by atoms with Crippen LogP contribution in [0.2, 0.25) is 0 Å². The molecule has 5 N–H and O–H groups in total. The molecule has 1 saturated heterocycles. The first-order valence-electron chi connectivity index (χ1n) is 11.0. The Kier molecular flexibility index (Phi) is 10.6. The van der Waals surface area contributed by atoms with Crippen LogP contribution < -0.4 is 21.7 Å². The predicted octanol–water partition coefficient (Wildman–Crippen LogP) is -0.0743. The molecule has 0 spiro atoms. The number of carbonyl (C=O) groups excluding carboxylic acids is 3. The molecule has 33 heavy (non-hydrogen) atoms. The largest absolute Gasteiger partial charge is 0.467 e. The number of nitrogens with zero attached hydrogens (tertiary/aromatic N) is 1. The maximum absolute atomic E-state index is 13.0. The molecular formula is C21H33N5O6S. The van der Waals surface area contributed by atoms with Gasteiger partial charge in [-0.2, -0.15) is 4.31 Å². The van der Waals surface area contributed by atoms with E-state index in [2.05, 4.69) is 16.0 Å². The zero-order valence-electron chi connectivity index (χ0n) is 18.8. The Balaban J connectivity index is 1.97. The van der Waals surface area contributed by atoms with Crippen LogP contribution in [0.25, 0.3) is 0 Å². The van der Waals surface area contributed by atoms with Crippen molar-refractivity contribution < 1.29 is 27.5 Å². The number of hydrogen-bond acceptors (Lipinski definition) is 7. The van der Waals surface area contributed by atoms with E-state index in [1.807, 2.05) is 0 Å². The second-order valence-corrected chi connectivity index (χ2v) is 9.55. The molecule has 0 radical (unpaired) electrons. The summed E-state index contributed by atoms with van der Waals surface area (Å²) in [5.41, 5.74) is 5.43. The minimum absolute atomic E-state index is 0.0963. The molecule has 1 heterocycles.